The molecular formula is C22H27Cl2N3O4S. The van der Waals surface area contributed by atoms with Crippen molar-refractivity contribution in [3.05, 3.63) is 63.6 Å². The number of aryl methyl sites for hydroxylation is 1. The van der Waals surface area contributed by atoms with Crippen LogP contribution >= 0.6 is 23.2 Å². The highest BCUT2D eigenvalue weighted by Gasteiger charge is 2.30. The second-order valence-corrected chi connectivity index (χ2v) is 10.1. The van der Waals surface area contributed by atoms with Gasteiger partial charge in [0.2, 0.25) is 21.8 Å². The lowest BCUT2D eigenvalue weighted by Gasteiger charge is -2.32. The Morgan fingerprint density at radius 3 is 2.38 bits per heavy atom. The maximum Gasteiger partial charge on any atom is 0.244 e. The standard InChI is InChI=1S/C22H27Cl2N3O4S/c1-5-25-22(29)16(3)26(13-17-8-6-7-9-19(17)24)21(28)14-27(32(4,30)31)20-12-18(23)11-10-15(20)2/h6-12,16H,5,13-14H2,1-4H3,(H,25,29)/t16-/m1/s1. The van der Waals surface area contributed by atoms with Crippen molar-refractivity contribution in [2.75, 3.05) is 23.7 Å². The maximum absolute atomic E-state index is 13.4. The average Bonchev–Trinajstić information content (AvgIpc) is 2.72. The van der Waals surface area contributed by atoms with E-state index in [-0.39, 0.29) is 12.5 Å². The Balaban J connectivity index is 2.45. The van der Waals surface area contributed by atoms with Crippen molar-refractivity contribution in [2.24, 2.45) is 0 Å². The topological polar surface area (TPSA) is 86.8 Å². The lowest BCUT2D eigenvalue weighted by molar-refractivity contribution is -0.139. The molecule has 10 heteroatoms. The molecule has 2 aromatic rings. The minimum absolute atomic E-state index is 0.0446. The van der Waals surface area contributed by atoms with Gasteiger partial charge in [-0.15, -0.1) is 0 Å². The zero-order valence-electron chi connectivity index (χ0n) is 18.4. The predicted molar refractivity (Wildman–Crippen MR) is 129 cm³/mol. The number of carbonyl (C=O) groups is 2. The van der Waals surface area contributed by atoms with E-state index in [1.807, 2.05) is 0 Å². The Kier molecular flexibility index (Phi) is 8.95. The molecule has 2 rings (SSSR count). The van der Waals surface area contributed by atoms with Crippen LogP contribution in [-0.2, 0) is 26.2 Å². The molecule has 0 unspecified atom stereocenters. The van der Waals surface area contributed by atoms with Crippen LogP contribution in [0.5, 0.6) is 0 Å². The van der Waals surface area contributed by atoms with Crippen molar-refractivity contribution in [1.29, 1.82) is 0 Å². The molecule has 2 amide bonds. The van der Waals surface area contributed by atoms with E-state index in [1.165, 1.54) is 11.0 Å². The highest BCUT2D eigenvalue weighted by atomic mass is 35.5. The second kappa shape index (κ2) is 11.0. The van der Waals surface area contributed by atoms with Gasteiger partial charge in [-0.2, -0.15) is 0 Å². The third kappa shape index (κ3) is 6.60. The molecule has 0 aliphatic rings. The van der Waals surface area contributed by atoms with E-state index in [0.717, 1.165) is 10.6 Å². The molecule has 32 heavy (non-hydrogen) atoms. The Morgan fingerprint density at radius 1 is 1.12 bits per heavy atom. The predicted octanol–water partition coefficient (Wildman–Crippen LogP) is 3.62. The first-order valence-electron chi connectivity index (χ1n) is 10.00. The summed E-state index contributed by atoms with van der Waals surface area (Å²) in [7, 11) is -3.82. The van der Waals surface area contributed by atoms with Crippen molar-refractivity contribution in [1.82, 2.24) is 10.2 Å². The molecule has 7 nitrogen and oxygen atoms in total. The summed E-state index contributed by atoms with van der Waals surface area (Å²) in [5.74, 6) is -0.897. The van der Waals surface area contributed by atoms with Gasteiger partial charge in [0, 0.05) is 23.1 Å². The summed E-state index contributed by atoms with van der Waals surface area (Å²) in [5.41, 5.74) is 1.59. The van der Waals surface area contributed by atoms with Gasteiger partial charge in [-0.25, -0.2) is 8.42 Å². The van der Waals surface area contributed by atoms with Crippen LogP contribution in [0.25, 0.3) is 0 Å². The summed E-state index contributed by atoms with van der Waals surface area (Å²) < 4.78 is 26.2. The highest BCUT2D eigenvalue weighted by molar-refractivity contribution is 7.92. The van der Waals surface area contributed by atoms with E-state index >= 15 is 0 Å². The molecule has 1 atom stereocenters. The molecule has 0 fully saturated rings. The lowest BCUT2D eigenvalue weighted by Crippen LogP contribution is -2.51. The van der Waals surface area contributed by atoms with Crippen LogP contribution in [0, 0.1) is 6.92 Å². The number of amides is 2. The number of nitrogens with zero attached hydrogens (tertiary/aromatic N) is 2. The zero-order valence-corrected chi connectivity index (χ0v) is 20.8. The van der Waals surface area contributed by atoms with Gasteiger partial charge in [-0.05, 0) is 50.1 Å². The minimum atomic E-state index is -3.82. The molecule has 0 aliphatic carbocycles. The van der Waals surface area contributed by atoms with E-state index in [1.54, 1.807) is 57.2 Å². The first-order chi connectivity index (χ1) is 15.0. The summed E-state index contributed by atoms with van der Waals surface area (Å²) in [6, 6.07) is 11.0. The molecule has 0 radical (unpaired) electrons. The van der Waals surface area contributed by atoms with E-state index in [9.17, 15) is 18.0 Å². The highest BCUT2D eigenvalue weighted by Crippen LogP contribution is 2.27. The number of nitrogens with one attached hydrogen (secondary N) is 1. The van der Waals surface area contributed by atoms with E-state index in [2.05, 4.69) is 5.32 Å². The Hall–Kier alpha value is -2.29. The Labute approximate surface area is 199 Å². The fourth-order valence-electron chi connectivity index (χ4n) is 3.16. The second-order valence-electron chi connectivity index (χ2n) is 7.38. The number of hydrogen-bond acceptors (Lipinski definition) is 4. The summed E-state index contributed by atoms with van der Waals surface area (Å²) >= 11 is 12.3. The van der Waals surface area contributed by atoms with Gasteiger partial charge in [0.15, 0.2) is 0 Å². The van der Waals surface area contributed by atoms with Crippen molar-refractivity contribution in [3.63, 3.8) is 0 Å². The maximum atomic E-state index is 13.4. The van der Waals surface area contributed by atoms with Crippen LogP contribution in [0.1, 0.15) is 25.0 Å². The van der Waals surface area contributed by atoms with Crippen LogP contribution in [-0.4, -0.2) is 50.5 Å². The van der Waals surface area contributed by atoms with Crippen LogP contribution in [0.15, 0.2) is 42.5 Å². The number of sulfonamides is 1. The number of rotatable bonds is 9. The molecule has 174 valence electrons. The van der Waals surface area contributed by atoms with Crippen LogP contribution in [0.2, 0.25) is 10.0 Å². The largest absolute Gasteiger partial charge is 0.355 e. The summed E-state index contributed by atoms with van der Waals surface area (Å²) in [5, 5.41) is 3.48. The normalized spacial score (nSPS) is 12.2. The molecule has 0 aliphatic heterocycles. The molecule has 0 aromatic heterocycles. The van der Waals surface area contributed by atoms with Crippen LogP contribution in [0.4, 0.5) is 5.69 Å². The van der Waals surface area contributed by atoms with Gasteiger partial charge in [-0.3, -0.25) is 13.9 Å². The molecule has 0 bridgehead atoms. The van der Waals surface area contributed by atoms with Crippen molar-refractivity contribution in [3.8, 4) is 0 Å². The monoisotopic (exact) mass is 499 g/mol. The van der Waals surface area contributed by atoms with Crippen molar-refractivity contribution >= 4 is 50.7 Å². The Morgan fingerprint density at radius 2 is 1.78 bits per heavy atom. The van der Waals surface area contributed by atoms with Crippen LogP contribution < -0.4 is 9.62 Å². The number of halogens is 2. The number of anilines is 1. The van der Waals surface area contributed by atoms with Gasteiger partial charge >= 0.3 is 0 Å². The number of likely N-dealkylation sites (N-methyl/N-ethyl adjacent to an activating group) is 1. The first kappa shape index (κ1) is 26.0. The molecule has 0 saturated heterocycles. The summed E-state index contributed by atoms with van der Waals surface area (Å²) in [6.07, 6.45) is 1.02. The molecular weight excluding hydrogens is 473 g/mol. The zero-order chi connectivity index (χ0) is 24.1. The minimum Gasteiger partial charge on any atom is -0.355 e. The third-order valence-corrected chi connectivity index (χ3v) is 6.67. The van der Waals surface area contributed by atoms with Crippen molar-refractivity contribution in [2.45, 2.75) is 33.4 Å². The molecule has 0 heterocycles. The number of benzene rings is 2. The lowest BCUT2D eigenvalue weighted by atomic mass is 10.1. The smallest absolute Gasteiger partial charge is 0.244 e. The van der Waals surface area contributed by atoms with Gasteiger partial charge < -0.3 is 10.2 Å². The molecule has 0 saturated carbocycles. The van der Waals surface area contributed by atoms with E-state index in [4.69, 9.17) is 23.2 Å². The molecule has 1 N–H and O–H groups in total. The van der Waals surface area contributed by atoms with Gasteiger partial charge in [0.05, 0.1) is 11.9 Å². The average molecular weight is 500 g/mol. The quantitative estimate of drug-likeness (QED) is 0.570. The summed E-state index contributed by atoms with van der Waals surface area (Å²) in [6.45, 7) is 5.05. The van der Waals surface area contributed by atoms with Gasteiger partial charge in [0.25, 0.3) is 0 Å². The number of carbonyl (C=O) groups excluding carboxylic acids is 2. The fourth-order valence-corrected chi connectivity index (χ4v) is 4.42. The molecule has 2 aromatic carbocycles. The van der Waals surface area contributed by atoms with Gasteiger partial charge in [0.1, 0.15) is 12.6 Å². The number of hydrogen-bond donors (Lipinski definition) is 1. The van der Waals surface area contributed by atoms with E-state index < -0.39 is 28.5 Å². The fraction of sp³-hybridized carbons (Fsp3) is 0.364. The summed E-state index contributed by atoms with van der Waals surface area (Å²) in [4.78, 5) is 27.3. The van der Waals surface area contributed by atoms with Crippen molar-refractivity contribution < 1.29 is 18.0 Å². The molecule has 0 spiro atoms. The van der Waals surface area contributed by atoms with Gasteiger partial charge in [-0.1, -0.05) is 47.5 Å². The first-order valence-corrected chi connectivity index (χ1v) is 12.6. The third-order valence-electron chi connectivity index (χ3n) is 4.94. The van der Waals surface area contributed by atoms with Crippen LogP contribution in [0.3, 0.4) is 0 Å². The SMILES string of the molecule is CCNC(=O)[C@@H](C)N(Cc1ccccc1Cl)C(=O)CN(c1cc(Cl)ccc1C)S(C)(=O)=O. The Bertz CT molecular complexity index is 1090. The van der Waals surface area contributed by atoms with E-state index in [0.29, 0.717) is 33.4 Å².